The number of carbonyl (C=O) groups is 1. The molecule has 2 aliphatic heterocycles. The van der Waals surface area contributed by atoms with Crippen LogP contribution in [0.4, 0.5) is 10.5 Å². The summed E-state index contributed by atoms with van der Waals surface area (Å²) in [7, 11) is 1.82. The van der Waals surface area contributed by atoms with E-state index in [1.165, 1.54) is 42.6 Å². The first-order chi connectivity index (χ1) is 12.1. The van der Waals surface area contributed by atoms with Crippen molar-refractivity contribution in [3.8, 4) is 11.1 Å². The molecule has 0 radical (unpaired) electrons. The molecule has 2 aromatic rings. The Labute approximate surface area is 149 Å². The number of nitrogens with one attached hydrogen (secondary N) is 1. The maximum atomic E-state index is 11.8. The molecule has 1 atom stereocenters. The fourth-order valence-electron chi connectivity index (χ4n) is 3.88. The molecule has 130 valence electrons. The summed E-state index contributed by atoms with van der Waals surface area (Å²) in [6.07, 6.45) is 2.63. The fraction of sp³-hybridized carbons (Fsp3) is 0.381. The van der Waals surface area contributed by atoms with Gasteiger partial charge in [-0.25, -0.2) is 4.79 Å². The molecule has 1 unspecified atom stereocenters. The van der Waals surface area contributed by atoms with Crippen molar-refractivity contribution in [3.63, 3.8) is 0 Å². The Hall–Kier alpha value is -2.33. The zero-order valence-electron chi connectivity index (χ0n) is 15.0. The van der Waals surface area contributed by atoms with E-state index in [4.69, 9.17) is 0 Å². The molecule has 2 aromatic carbocycles. The normalized spacial score (nSPS) is 18.8. The van der Waals surface area contributed by atoms with Gasteiger partial charge in [0.2, 0.25) is 0 Å². The van der Waals surface area contributed by atoms with Crippen molar-refractivity contribution in [1.29, 1.82) is 0 Å². The zero-order chi connectivity index (χ0) is 17.4. The Balaban J connectivity index is 1.63. The number of likely N-dealkylation sites (tertiary alicyclic amines) is 1. The third kappa shape index (κ3) is 3.14. The summed E-state index contributed by atoms with van der Waals surface area (Å²) in [6.45, 7) is 5.37. The first-order valence-electron chi connectivity index (χ1n) is 9.11. The van der Waals surface area contributed by atoms with E-state index in [0.29, 0.717) is 12.6 Å². The Morgan fingerprint density at radius 3 is 2.60 bits per heavy atom. The van der Waals surface area contributed by atoms with E-state index in [1.54, 1.807) is 4.90 Å². The lowest BCUT2D eigenvalue weighted by Gasteiger charge is -2.26. The molecule has 4 nitrogen and oxygen atoms in total. The van der Waals surface area contributed by atoms with Crippen LogP contribution in [0.2, 0.25) is 0 Å². The number of urea groups is 1. The molecule has 0 saturated carbocycles. The van der Waals surface area contributed by atoms with Crippen molar-refractivity contribution in [2.75, 3.05) is 25.5 Å². The Morgan fingerprint density at radius 1 is 1.04 bits per heavy atom. The van der Waals surface area contributed by atoms with Gasteiger partial charge in [0.15, 0.2) is 0 Å². The van der Waals surface area contributed by atoms with Crippen molar-refractivity contribution < 1.29 is 4.79 Å². The SMILES string of the molecule is CC(c1cccc(-c2ccc3c(c2)CN(C)C(=O)N3)c1)N1CCCC1. The summed E-state index contributed by atoms with van der Waals surface area (Å²) in [5.74, 6) is 0. The smallest absolute Gasteiger partial charge is 0.321 e. The fourth-order valence-corrected chi connectivity index (χ4v) is 3.88. The van der Waals surface area contributed by atoms with Crippen LogP contribution in [0.3, 0.4) is 0 Å². The van der Waals surface area contributed by atoms with E-state index in [2.05, 4.69) is 53.5 Å². The van der Waals surface area contributed by atoms with Gasteiger partial charge in [0.05, 0.1) is 0 Å². The average molecular weight is 335 g/mol. The van der Waals surface area contributed by atoms with Crippen molar-refractivity contribution in [3.05, 3.63) is 53.6 Å². The van der Waals surface area contributed by atoms with Crippen molar-refractivity contribution >= 4 is 11.7 Å². The highest BCUT2D eigenvalue weighted by Crippen LogP contribution is 2.31. The zero-order valence-corrected chi connectivity index (χ0v) is 15.0. The lowest BCUT2D eigenvalue weighted by atomic mass is 9.97. The molecule has 0 aliphatic carbocycles. The summed E-state index contributed by atoms with van der Waals surface area (Å²) in [5.41, 5.74) is 5.92. The molecule has 25 heavy (non-hydrogen) atoms. The molecule has 1 saturated heterocycles. The number of carbonyl (C=O) groups excluding carboxylic acids is 1. The second kappa shape index (κ2) is 6.52. The topological polar surface area (TPSA) is 35.6 Å². The summed E-state index contributed by atoms with van der Waals surface area (Å²) >= 11 is 0. The maximum Gasteiger partial charge on any atom is 0.321 e. The van der Waals surface area contributed by atoms with Gasteiger partial charge >= 0.3 is 6.03 Å². The summed E-state index contributed by atoms with van der Waals surface area (Å²) in [4.78, 5) is 16.0. The number of hydrogen-bond acceptors (Lipinski definition) is 2. The number of rotatable bonds is 3. The van der Waals surface area contributed by atoms with Crippen LogP contribution >= 0.6 is 0 Å². The van der Waals surface area contributed by atoms with Gasteiger partial charge in [0.1, 0.15) is 0 Å². The van der Waals surface area contributed by atoms with Gasteiger partial charge in [0.25, 0.3) is 0 Å². The number of fused-ring (bicyclic) bond motifs is 1. The predicted octanol–water partition coefficient (Wildman–Crippen LogP) is 4.49. The molecule has 0 bridgehead atoms. The number of hydrogen-bond donors (Lipinski definition) is 1. The van der Waals surface area contributed by atoms with Gasteiger partial charge in [-0.3, -0.25) is 4.90 Å². The molecule has 2 aliphatic rings. The lowest BCUT2D eigenvalue weighted by molar-refractivity contribution is 0.218. The largest absolute Gasteiger partial charge is 0.323 e. The van der Waals surface area contributed by atoms with Crippen LogP contribution in [0.25, 0.3) is 11.1 Å². The van der Waals surface area contributed by atoms with E-state index in [9.17, 15) is 4.79 Å². The Kier molecular flexibility index (Phi) is 4.22. The van der Waals surface area contributed by atoms with Crippen LogP contribution < -0.4 is 5.32 Å². The van der Waals surface area contributed by atoms with E-state index >= 15 is 0 Å². The maximum absolute atomic E-state index is 11.8. The first-order valence-corrected chi connectivity index (χ1v) is 9.11. The van der Waals surface area contributed by atoms with Crippen LogP contribution in [0, 0.1) is 0 Å². The molecule has 0 spiro atoms. The Bertz CT molecular complexity index is 795. The molecular formula is C21H25N3O. The second-order valence-corrected chi connectivity index (χ2v) is 7.20. The molecular weight excluding hydrogens is 310 g/mol. The molecule has 4 heteroatoms. The van der Waals surface area contributed by atoms with E-state index in [0.717, 1.165) is 11.3 Å². The molecule has 4 rings (SSSR count). The molecule has 2 heterocycles. The van der Waals surface area contributed by atoms with E-state index in [1.807, 2.05) is 13.1 Å². The van der Waals surface area contributed by atoms with Crippen LogP contribution in [0.5, 0.6) is 0 Å². The van der Waals surface area contributed by atoms with Crippen LogP contribution in [-0.4, -0.2) is 36.0 Å². The third-order valence-electron chi connectivity index (χ3n) is 5.49. The van der Waals surface area contributed by atoms with Crippen molar-refractivity contribution in [2.45, 2.75) is 32.4 Å². The van der Waals surface area contributed by atoms with Gasteiger partial charge in [-0.05, 0) is 73.3 Å². The number of amides is 2. The summed E-state index contributed by atoms with van der Waals surface area (Å²) in [5, 5.41) is 2.94. The highest BCUT2D eigenvalue weighted by atomic mass is 16.2. The van der Waals surface area contributed by atoms with Crippen molar-refractivity contribution in [2.24, 2.45) is 0 Å². The van der Waals surface area contributed by atoms with Crippen LogP contribution in [-0.2, 0) is 6.54 Å². The first kappa shape index (κ1) is 16.2. The molecule has 2 amide bonds. The van der Waals surface area contributed by atoms with Gasteiger partial charge in [-0.15, -0.1) is 0 Å². The predicted molar refractivity (Wildman–Crippen MR) is 102 cm³/mol. The van der Waals surface area contributed by atoms with E-state index in [-0.39, 0.29) is 6.03 Å². The van der Waals surface area contributed by atoms with Crippen LogP contribution in [0.1, 0.15) is 36.9 Å². The Morgan fingerprint density at radius 2 is 1.80 bits per heavy atom. The molecule has 1 N–H and O–H groups in total. The molecule has 0 aromatic heterocycles. The summed E-state index contributed by atoms with van der Waals surface area (Å²) in [6, 6.07) is 15.6. The van der Waals surface area contributed by atoms with Gasteiger partial charge < -0.3 is 10.2 Å². The van der Waals surface area contributed by atoms with Gasteiger partial charge in [0, 0.05) is 25.3 Å². The number of anilines is 1. The monoisotopic (exact) mass is 335 g/mol. The molecule has 1 fully saturated rings. The van der Waals surface area contributed by atoms with Crippen molar-refractivity contribution in [1.82, 2.24) is 9.80 Å². The lowest BCUT2D eigenvalue weighted by Crippen LogP contribution is -2.35. The van der Waals surface area contributed by atoms with Gasteiger partial charge in [-0.2, -0.15) is 0 Å². The van der Waals surface area contributed by atoms with Crippen LogP contribution in [0.15, 0.2) is 42.5 Å². The highest BCUT2D eigenvalue weighted by Gasteiger charge is 2.21. The average Bonchev–Trinajstić information content (AvgIpc) is 3.16. The third-order valence-corrected chi connectivity index (χ3v) is 5.49. The number of nitrogens with zero attached hydrogens (tertiary/aromatic N) is 2. The minimum Gasteiger partial charge on any atom is -0.323 e. The van der Waals surface area contributed by atoms with E-state index < -0.39 is 0 Å². The van der Waals surface area contributed by atoms with Gasteiger partial charge in [-0.1, -0.05) is 24.3 Å². The number of benzene rings is 2. The minimum absolute atomic E-state index is 0.0401. The highest BCUT2D eigenvalue weighted by molar-refractivity contribution is 5.92. The minimum atomic E-state index is -0.0401. The second-order valence-electron chi connectivity index (χ2n) is 7.20. The summed E-state index contributed by atoms with van der Waals surface area (Å²) < 4.78 is 0. The standard InChI is InChI=1S/C21H25N3O/c1-15(24-10-3-4-11-24)16-6-5-7-17(12-16)18-8-9-20-19(13-18)14-23(2)21(25)22-20/h5-9,12-13,15H,3-4,10-11,14H2,1-2H3,(H,22,25). The quantitative estimate of drug-likeness (QED) is 0.897.